The summed E-state index contributed by atoms with van der Waals surface area (Å²) in [5, 5.41) is 2.95. The highest BCUT2D eigenvalue weighted by atomic mass is 16.5. The number of aromatic nitrogens is 1. The summed E-state index contributed by atoms with van der Waals surface area (Å²) in [4.78, 5) is 16.4. The van der Waals surface area contributed by atoms with E-state index in [2.05, 4.69) is 16.4 Å². The fraction of sp³-hybridized carbons (Fsp3) is 0.214. The maximum atomic E-state index is 12.3. The maximum Gasteiger partial charge on any atom is 0.243 e. The number of ether oxygens (including phenoxy) is 2. The lowest BCUT2D eigenvalue weighted by Gasteiger charge is -2.13. The SMILES string of the molecule is COc1ccc(C(=CC=CC(=O)NCCCCc2cccnc2)c2ccccc2OC)cc1. The first-order chi connectivity index (χ1) is 16.2. The molecule has 0 spiro atoms. The number of hydrogen-bond acceptors (Lipinski definition) is 4. The molecule has 0 atom stereocenters. The van der Waals surface area contributed by atoms with Crippen molar-refractivity contribution in [2.75, 3.05) is 20.8 Å². The molecule has 3 aromatic rings. The molecule has 5 heteroatoms. The van der Waals surface area contributed by atoms with E-state index >= 15 is 0 Å². The first-order valence-corrected chi connectivity index (χ1v) is 11.0. The molecule has 3 rings (SSSR count). The summed E-state index contributed by atoms with van der Waals surface area (Å²) in [7, 11) is 3.30. The van der Waals surface area contributed by atoms with Crippen molar-refractivity contribution >= 4 is 11.5 Å². The number of para-hydroxylation sites is 1. The van der Waals surface area contributed by atoms with E-state index in [0.29, 0.717) is 6.54 Å². The molecule has 33 heavy (non-hydrogen) atoms. The maximum absolute atomic E-state index is 12.3. The zero-order valence-corrected chi connectivity index (χ0v) is 19.2. The van der Waals surface area contributed by atoms with Gasteiger partial charge in [-0.15, -0.1) is 0 Å². The average Bonchev–Trinajstić information content (AvgIpc) is 2.87. The smallest absolute Gasteiger partial charge is 0.243 e. The molecule has 5 nitrogen and oxygen atoms in total. The Hall–Kier alpha value is -3.86. The summed E-state index contributed by atoms with van der Waals surface area (Å²) >= 11 is 0. The van der Waals surface area contributed by atoms with Gasteiger partial charge in [-0.2, -0.15) is 0 Å². The summed E-state index contributed by atoms with van der Waals surface area (Å²) in [6.07, 6.45) is 11.8. The fourth-order valence-electron chi connectivity index (χ4n) is 3.48. The lowest BCUT2D eigenvalue weighted by molar-refractivity contribution is -0.116. The third kappa shape index (κ3) is 7.35. The van der Waals surface area contributed by atoms with E-state index in [0.717, 1.165) is 47.5 Å². The number of amides is 1. The van der Waals surface area contributed by atoms with Crippen LogP contribution in [0.1, 0.15) is 29.5 Å². The molecule has 0 saturated heterocycles. The predicted molar refractivity (Wildman–Crippen MR) is 132 cm³/mol. The number of carbonyl (C=O) groups is 1. The molecule has 0 fully saturated rings. The largest absolute Gasteiger partial charge is 0.497 e. The van der Waals surface area contributed by atoms with Gasteiger partial charge in [0, 0.05) is 30.6 Å². The Labute approximate surface area is 195 Å². The number of unbranched alkanes of at least 4 members (excludes halogenated alkanes) is 1. The second kappa shape index (κ2) is 12.9. The van der Waals surface area contributed by atoms with Crippen LogP contribution in [0.3, 0.4) is 0 Å². The van der Waals surface area contributed by atoms with Crippen LogP contribution in [0, 0.1) is 0 Å². The molecule has 170 valence electrons. The Kier molecular flexibility index (Phi) is 9.28. The van der Waals surface area contributed by atoms with Gasteiger partial charge >= 0.3 is 0 Å². The van der Waals surface area contributed by atoms with Gasteiger partial charge in [-0.1, -0.05) is 48.6 Å². The number of carbonyl (C=O) groups excluding carboxylic acids is 1. The van der Waals surface area contributed by atoms with Crippen LogP contribution in [-0.2, 0) is 11.2 Å². The summed E-state index contributed by atoms with van der Waals surface area (Å²) in [5.41, 5.74) is 4.12. The molecule has 0 unspecified atom stereocenters. The number of nitrogens with zero attached hydrogens (tertiary/aromatic N) is 1. The Bertz CT molecular complexity index is 1070. The van der Waals surface area contributed by atoms with Gasteiger partial charge in [-0.25, -0.2) is 0 Å². The summed E-state index contributed by atoms with van der Waals surface area (Å²) in [6, 6.07) is 19.7. The van der Waals surface area contributed by atoms with Crippen LogP contribution >= 0.6 is 0 Å². The van der Waals surface area contributed by atoms with Crippen LogP contribution in [0.25, 0.3) is 5.57 Å². The molecule has 1 amide bonds. The quantitative estimate of drug-likeness (QED) is 0.251. The fourth-order valence-corrected chi connectivity index (χ4v) is 3.48. The number of hydrogen-bond donors (Lipinski definition) is 1. The summed E-state index contributed by atoms with van der Waals surface area (Å²) < 4.78 is 10.8. The number of aryl methyl sites for hydroxylation is 1. The molecule has 0 aliphatic heterocycles. The van der Waals surface area contributed by atoms with Crippen LogP contribution in [0.15, 0.2) is 91.3 Å². The molecule has 1 aromatic heterocycles. The van der Waals surface area contributed by atoms with Crippen molar-refractivity contribution in [1.82, 2.24) is 10.3 Å². The molecule has 0 bridgehead atoms. The monoisotopic (exact) mass is 442 g/mol. The van der Waals surface area contributed by atoms with E-state index in [1.807, 2.05) is 66.9 Å². The van der Waals surface area contributed by atoms with Gasteiger partial charge in [-0.05, 0) is 60.2 Å². The number of benzene rings is 2. The molecule has 0 radical (unpaired) electrons. The average molecular weight is 443 g/mol. The van der Waals surface area contributed by atoms with E-state index in [9.17, 15) is 4.79 Å². The van der Waals surface area contributed by atoms with Crippen molar-refractivity contribution in [3.8, 4) is 11.5 Å². The number of rotatable bonds is 11. The number of methoxy groups -OCH3 is 2. The van der Waals surface area contributed by atoms with Crippen molar-refractivity contribution in [3.63, 3.8) is 0 Å². The second-order valence-corrected chi connectivity index (χ2v) is 7.48. The van der Waals surface area contributed by atoms with E-state index in [-0.39, 0.29) is 5.91 Å². The van der Waals surface area contributed by atoms with E-state index in [4.69, 9.17) is 9.47 Å². The van der Waals surface area contributed by atoms with Crippen molar-refractivity contribution in [3.05, 3.63) is 108 Å². The topological polar surface area (TPSA) is 60.5 Å². The van der Waals surface area contributed by atoms with E-state index in [1.54, 1.807) is 32.6 Å². The highest BCUT2D eigenvalue weighted by Crippen LogP contribution is 2.31. The predicted octanol–water partition coefficient (Wildman–Crippen LogP) is 5.23. The minimum absolute atomic E-state index is 0.110. The van der Waals surface area contributed by atoms with Gasteiger partial charge in [0.05, 0.1) is 14.2 Å². The zero-order valence-electron chi connectivity index (χ0n) is 19.2. The van der Waals surface area contributed by atoms with E-state index in [1.165, 1.54) is 5.56 Å². The molecular formula is C28H30N2O3. The second-order valence-electron chi connectivity index (χ2n) is 7.48. The minimum Gasteiger partial charge on any atom is -0.497 e. The van der Waals surface area contributed by atoms with Gasteiger partial charge in [0.1, 0.15) is 11.5 Å². The van der Waals surface area contributed by atoms with Crippen molar-refractivity contribution < 1.29 is 14.3 Å². The standard InChI is InChI=1S/C28H30N2O3/c1-32-24-17-15-23(16-18-24)25(26-11-3-4-13-27(26)33-2)12-7-14-28(31)30-20-6-5-9-22-10-8-19-29-21-22/h3-4,7-8,10-19,21H,5-6,9,20H2,1-2H3,(H,30,31). The minimum atomic E-state index is -0.110. The van der Waals surface area contributed by atoms with Crippen molar-refractivity contribution in [1.29, 1.82) is 0 Å². The molecule has 2 aromatic carbocycles. The Balaban J connectivity index is 1.63. The number of pyridine rings is 1. The molecule has 0 aliphatic carbocycles. The van der Waals surface area contributed by atoms with Crippen molar-refractivity contribution in [2.45, 2.75) is 19.3 Å². The van der Waals surface area contributed by atoms with E-state index < -0.39 is 0 Å². The number of nitrogens with one attached hydrogen (secondary N) is 1. The zero-order chi connectivity index (χ0) is 23.3. The molecule has 1 N–H and O–H groups in total. The van der Waals surface area contributed by atoms with Gasteiger partial charge in [-0.3, -0.25) is 9.78 Å². The Morgan fingerprint density at radius 1 is 0.970 bits per heavy atom. The van der Waals surface area contributed by atoms with Crippen LogP contribution < -0.4 is 14.8 Å². The molecule has 1 heterocycles. The Morgan fingerprint density at radius 2 is 1.79 bits per heavy atom. The van der Waals surface area contributed by atoms with Crippen LogP contribution in [0.2, 0.25) is 0 Å². The summed E-state index contributed by atoms with van der Waals surface area (Å²) in [6.45, 7) is 0.644. The Morgan fingerprint density at radius 3 is 2.52 bits per heavy atom. The first kappa shape index (κ1) is 23.8. The first-order valence-electron chi connectivity index (χ1n) is 11.0. The molecule has 0 aliphatic rings. The van der Waals surface area contributed by atoms with Gasteiger partial charge in [0.25, 0.3) is 0 Å². The number of allylic oxidation sites excluding steroid dienone is 2. The lowest BCUT2D eigenvalue weighted by Crippen LogP contribution is -2.22. The highest BCUT2D eigenvalue weighted by Gasteiger charge is 2.10. The lowest BCUT2D eigenvalue weighted by atomic mass is 9.96. The molecular weight excluding hydrogens is 412 g/mol. The third-order valence-electron chi connectivity index (χ3n) is 5.22. The van der Waals surface area contributed by atoms with Crippen molar-refractivity contribution in [2.24, 2.45) is 0 Å². The van der Waals surface area contributed by atoms with Crippen LogP contribution in [-0.4, -0.2) is 31.7 Å². The van der Waals surface area contributed by atoms with Gasteiger partial charge in [0.15, 0.2) is 0 Å². The van der Waals surface area contributed by atoms with Crippen LogP contribution in [0.4, 0.5) is 0 Å². The van der Waals surface area contributed by atoms with Crippen LogP contribution in [0.5, 0.6) is 11.5 Å². The third-order valence-corrected chi connectivity index (χ3v) is 5.22. The molecule has 0 saturated carbocycles. The van der Waals surface area contributed by atoms with Gasteiger partial charge < -0.3 is 14.8 Å². The van der Waals surface area contributed by atoms with Gasteiger partial charge in [0.2, 0.25) is 5.91 Å². The normalized spacial score (nSPS) is 11.4. The highest BCUT2D eigenvalue weighted by molar-refractivity contribution is 5.89. The summed E-state index contributed by atoms with van der Waals surface area (Å²) in [5.74, 6) is 1.45.